The number of carboxylic acid groups (broad SMARTS) is 1. The molecule has 12 heteroatoms. The predicted octanol–water partition coefficient (Wildman–Crippen LogP) is 4.96. The molecular formula is C32H35F3N4O5. The minimum atomic E-state index is -4.76. The molecule has 1 N–H and O–H groups in total. The molecule has 1 unspecified atom stereocenters. The number of hydrogen-bond donors (Lipinski definition) is 1. The van der Waals surface area contributed by atoms with Crippen molar-refractivity contribution in [2.45, 2.75) is 52.0 Å². The molecule has 2 aromatic carbocycles. The van der Waals surface area contributed by atoms with E-state index in [1.54, 1.807) is 0 Å². The molecule has 0 bridgehead atoms. The average Bonchev–Trinajstić information content (AvgIpc) is 3.35. The quantitative estimate of drug-likeness (QED) is 0.382. The number of aromatic nitrogens is 2. The first kappa shape index (κ1) is 30.1. The Morgan fingerprint density at radius 2 is 1.86 bits per heavy atom. The molecule has 6 rings (SSSR count). The molecule has 3 aliphatic rings. The number of alkyl halides is 3. The number of rotatable bonds is 8. The molecule has 0 radical (unpaired) electrons. The molecule has 0 saturated carbocycles. The Kier molecular flexibility index (Phi) is 8.14. The van der Waals surface area contributed by atoms with Crippen molar-refractivity contribution in [3.8, 4) is 16.9 Å². The Hall–Kier alpha value is -3.90. The van der Waals surface area contributed by atoms with Gasteiger partial charge in [0.05, 0.1) is 23.6 Å². The zero-order valence-corrected chi connectivity index (χ0v) is 24.7. The number of aliphatic carboxylic acids is 1. The number of carboxylic acids is 1. The Morgan fingerprint density at radius 3 is 2.52 bits per heavy atom. The fraction of sp³-hybridized carbons (Fsp3) is 0.469. The lowest BCUT2D eigenvalue weighted by molar-refractivity contribution is -0.170. The van der Waals surface area contributed by atoms with Crippen LogP contribution in [0.3, 0.4) is 0 Å². The number of hydrogen-bond acceptors (Lipinski definition) is 7. The van der Waals surface area contributed by atoms with Crippen molar-refractivity contribution in [3.63, 3.8) is 0 Å². The fourth-order valence-electron chi connectivity index (χ4n) is 6.40. The Morgan fingerprint density at radius 1 is 1.11 bits per heavy atom. The number of carbonyl (C=O) groups is 1. The average molecular weight is 613 g/mol. The summed E-state index contributed by atoms with van der Waals surface area (Å²) in [5.41, 5.74) is 1.84. The summed E-state index contributed by atoms with van der Waals surface area (Å²) in [6.45, 7) is 5.97. The van der Waals surface area contributed by atoms with Gasteiger partial charge in [-0.2, -0.15) is 23.0 Å². The van der Waals surface area contributed by atoms with E-state index in [1.807, 2.05) is 36.9 Å². The van der Waals surface area contributed by atoms with E-state index in [2.05, 4.69) is 5.10 Å². The van der Waals surface area contributed by atoms with Crippen LogP contribution in [-0.2, 0) is 26.9 Å². The summed E-state index contributed by atoms with van der Waals surface area (Å²) < 4.78 is 55.6. The highest BCUT2D eigenvalue weighted by atomic mass is 19.4. The molecule has 0 aliphatic carbocycles. The molecule has 234 valence electrons. The van der Waals surface area contributed by atoms with E-state index in [0.29, 0.717) is 55.2 Å². The van der Waals surface area contributed by atoms with Crippen molar-refractivity contribution >= 4 is 17.3 Å². The van der Waals surface area contributed by atoms with Gasteiger partial charge in [0.15, 0.2) is 6.29 Å². The minimum absolute atomic E-state index is 0.0705. The van der Waals surface area contributed by atoms with Crippen LogP contribution in [-0.4, -0.2) is 66.5 Å². The minimum Gasteiger partial charge on any atom is -0.480 e. The van der Waals surface area contributed by atoms with E-state index in [0.717, 1.165) is 41.1 Å². The van der Waals surface area contributed by atoms with Crippen LogP contribution in [0.5, 0.6) is 0 Å². The first-order valence-electron chi connectivity index (χ1n) is 14.9. The molecule has 3 aliphatic heterocycles. The summed E-state index contributed by atoms with van der Waals surface area (Å²) in [5, 5.41) is 14.1. The van der Waals surface area contributed by atoms with Gasteiger partial charge in [-0.05, 0) is 69.9 Å². The van der Waals surface area contributed by atoms with Gasteiger partial charge in [0.2, 0.25) is 0 Å². The number of halogens is 3. The van der Waals surface area contributed by atoms with E-state index in [-0.39, 0.29) is 24.4 Å². The van der Waals surface area contributed by atoms with Crippen molar-refractivity contribution in [1.82, 2.24) is 9.78 Å². The summed E-state index contributed by atoms with van der Waals surface area (Å²) in [6, 6.07) is 9.45. The standard InChI is InChI=1S/C32H35F3N4O5/c1-19-11-20(2)13-22(12-19)29-24-8-9-37(17-27(40)41)30(24)31(42)39(36-29)26-14-23(6-7-25(26)32(33,34)35)38-15-21(16-38)18-44-28-5-3-4-10-43-28/h6-7,11-14,21,28H,3-5,8-10,15-18H2,1-2H3,(H,40,41). The Bertz CT molecular complexity index is 1610. The summed E-state index contributed by atoms with van der Waals surface area (Å²) in [4.78, 5) is 29.0. The van der Waals surface area contributed by atoms with Crippen molar-refractivity contribution < 1.29 is 32.5 Å². The van der Waals surface area contributed by atoms with Crippen LogP contribution in [0.25, 0.3) is 16.9 Å². The number of nitrogens with zero attached hydrogens (tertiary/aromatic N) is 4. The van der Waals surface area contributed by atoms with Crippen LogP contribution >= 0.6 is 0 Å². The smallest absolute Gasteiger partial charge is 0.418 e. The lowest BCUT2D eigenvalue weighted by atomic mass is 9.99. The first-order chi connectivity index (χ1) is 21.0. The topological polar surface area (TPSA) is 97.1 Å². The highest BCUT2D eigenvalue weighted by Gasteiger charge is 2.38. The highest BCUT2D eigenvalue weighted by molar-refractivity contribution is 5.79. The maximum absolute atomic E-state index is 14.4. The van der Waals surface area contributed by atoms with Gasteiger partial charge in [0.25, 0.3) is 5.56 Å². The lowest BCUT2D eigenvalue weighted by Gasteiger charge is -2.41. The highest BCUT2D eigenvalue weighted by Crippen LogP contribution is 2.39. The Balaban J connectivity index is 1.40. The van der Waals surface area contributed by atoms with Crippen LogP contribution in [0.4, 0.5) is 24.5 Å². The summed E-state index contributed by atoms with van der Waals surface area (Å²) in [6.07, 6.45) is -1.68. The van der Waals surface area contributed by atoms with Gasteiger partial charge < -0.3 is 24.4 Å². The number of anilines is 2. The third kappa shape index (κ3) is 6.05. The third-order valence-electron chi connectivity index (χ3n) is 8.43. The molecular weight excluding hydrogens is 577 g/mol. The van der Waals surface area contributed by atoms with Gasteiger partial charge >= 0.3 is 12.1 Å². The van der Waals surface area contributed by atoms with E-state index >= 15 is 0 Å². The van der Waals surface area contributed by atoms with Gasteiger partial charge in [-0.25, -0.2) is 0 Å². The van der Waals surface area contributed by atoms with Gasteiger partial charge in [-0.15, -0.1) is 0 Å². The maximum Gasteiger partial charge on any atom is 0.418 e. The van der Waals surface area contributed by atoms with Gasteiger partial charge in [0, 0.05) is 49.0 Å². The fourth-order valence-corrected chi connectivity index (χ4v) is 6.40. The third-order valence-corrected chi connectivity index (χ3v) is 8.43. The van der Waals surface area contributed by atoms with Crippen molar-refractivity contribution in [3.05, 3.63) is 69.0 Å². The molecule has 3 aromatic rings. The summed E-state index contributed by atoms with van der Waals surface area (Å²) >= 11 is 0. The molecule has 44 heavy (non-hydrogen) atoms. The second-order valence-electron chi connectivity index (χ2n) is 11.9. The maximum atomic E-state index is 14.4. The molecule has 4 heterocycles. The molecule has 0 spiro atoms. The molecule has 0 amide bonds. The monoisotopic (exact) mass is 612 g/mol. The lowest BCUT2D eigenvalue weighted by Crippen LogP contribution is -2.49. The Labute approximate surface area is 252 Å². The molecule has 1 atom stereocenters. The predicted molar refractivity (Wildman–Crippen MR) is 159 cm³/mol. The van der Waals surface area contributed by atoms with Crippen molar-refractivity contribution in [2.75, 3.05) is 49.2 Å². The number of fused-ring (bicyclic) bond motifs is 1. The molecule has 1 aromatic heterocycles. The van der Waals surface area contributed by atoms with Crippen LogP contribution in [0.15, 0.2) is 41.2 Å². The van der Waals surface area contributed by atoms with Gasteiger partial charge in [-0.1, -0.05) is 17.2 Å². The van der Waals surface area contributed by atoms with Gasteiger partial charge in [0.1, 0.15) is 12.2 Å². The molecule has 9 nitrogen and oxygen atoms in total. The zero-order valence-electron chi connectivity index (χ0n) is 24.7. The van der Waals surface area contributed by atoms with Crippen LogP contribution in [0, 0.1) is 19.8 Å². The van der Waals surface area contributed by atoms with Gasteiger partial charge in [-0.3, -0.25) is 9.59 Å². The number of aryl methyl sites for hydroxylation is 2. The largest absolute Gasteiger partial charge is 0.480 e. The number of ether oxygens (including phenoxy) is 2. The SMILES string of the molecule is Cc1cc(C)cc(-c2nn(-c3cc(N4CC(COC5CCCCO5)C4)ccc3C(F)(F)F)c(=O)c3c2CCN3CC(=O)O)c1. The van der Waals surface area contributed by atoms with E-state index in [9.17, 15) is 27.9 Å². The molecule has 2 fully saturated rings. The molecule has 2 saturated heterocycles. The summed E-state index contributed by atoms with van der Waals surface area (Å²) in [5.74, 6) is -0.939. The second-order valence-corrected chi connectivity index (χ2v) is 11.9. The zero-order chi connectivity index (χ0) is 31.2. The number of benzene rings is 2. The summed E-state index contributed by atoms with van der Waals surface area (Å²) in [7, 11) is 0. The van der Waals surface area contributed by atoms with E-state index in [4.69, 9.17) is 9.47 Å². The normalized spacial score (nSPS) is 18.8. The van der Waals surface area contributed by atoms with Crippen LogP contribution in [0.2, 0.25) is 0 Å². The van der Waals surface area contributed by atoms with Crippen molar-refractivity contribution in [2.24, 2.45) is 5.92 Å². The first-order valence-corrected chi connectivity index (χ1v) is 14.9. The van der Waals surface area contributed by atoms with E-state index < -0.39 is 35.5 Å². The van der Waals surface area contributed by atoms with Crippen LogP contribution in [0.1, 0.15) is 41.5 Å². The second kappa shape index (κ2) is 11.9. The van der Waals surface area contributed by atoms with Crippen LogP contribution < -0.4 is 15.4 Å². The van der Waals surface area contributed by atoms with Crippen molar-refractivity contribution in [1.29, 1.82) is 0 Å². The van der Waals surface area contributed by atoms with E-state index in [1.165, 1.54) is 17.0 Å².